The van der Waals surface area contributed by atoms with Crippen molar-refractivity contribution in [2.24, 2.45) is 0 Å². The fourth-order valence-corrected chi connectivity index (χ4v) is 6.93. The summed E-state index contributed by atoms with van der Waals surface area (Å²) in [5.74, 6) is 1.09. The predicted octanol–water partition coefficient (Wildman–Crippen LogP) is 6.14. The molecule has 1 saturated carbocycles. The van der Waals surface area contributed by atoms with Crippen molar-refractivity contribution in [2.45, 2.75) is 45.4 Å². The van der Waals surface area contributed by atoms with Gasteiger partial charge in [0.15, 0.2) is 5.82 Å². The van der Waals surface area contributed by atoms with Gasteiger partial charge < -0.3 is 15.1 Å². The summed E-state index contributed by atoms with van der Waals surface area (Å²) in [6, 6.07) is 6.13. The second-order valence-corrected chi connectivity index (χ2v) is 11.0. The van der Waals surface area contributed by atoms with Crippen molar-refractivity contribution in [3.05, 3.63) is 53.7 Å². The summed E-state index contributed by atoms with van der Waals surface area (Å²) in [6.45, 7) is 9.43. The highest BCUT2D eigenvalue weighted by Gasteiger charge is 2.24. The predicted molar refractivity (Wildman–Crippen MR) is 148 cm³/mol. The van der Waals surface area contributed by atoms with E-state index in [-0.39, 0.29) is 0 Å². The molecule has 0 amide bonds. The average Bonchev–Trinajstić information content (AvgIpc) is 3.59. The molecule has 0 aromatic carbocycles. The lowest BCUT2D eigenvalue weighted by Crippen LogP contribution is -2.46. The summed E-state index contributed by atoms with van der Waals surface area (Å²) in [7, 11) is 0. The Kier molecular flexibility index (Phi) is 6.73. The van der Waals surface area contributed by atoms with Crippen molar-refractivity contribution in [2.75, 3.05) is 42.9 Å². The van der Waals surface area contributed by atoms with Crippen LogP contribution in [0.2, 0.25) is 0 Å². The first-order valence-corrected chi connectivity index (χ1v) is 14.0. The topological polar surface area (TPSA) is 70.1 Å². The number of piperazine rings is 1. The zero-order chi connectivity index (χ0) is 25.4. The second-order valence-electron chi connectivity index (χ2n) is 9.95. The molecule has 2 aliphatic rings. The number of pyridine rings is 2. The molecule has 4 aromatic rings. The van der Waals surface area contributed by atoms with Gasteiger partial charge in [-0.05, 0) is 61.6 Å². The van der Waals surface area contributed by atoms with E-state index in [0.717, 1.165) is 59.1 Å². The highest BCUT2D eigenvalue weighted by atomic mass is 32.1. The van der Waals surface area contributed by atoms with E-state index in [2.05, 4.69) is 54.1 Å². The number of nitrogens with one attached hydrogen (secondary N) is 1. The Morgan fingerprint density at radius 1 is 1.03 bits per heavy atom. The van der Waals surface area contributed by atoms with Gasteiger partial charge in [0.25, 0.3) is 0 Å². The Hall–Kier alpha value is -3.17. The number of aryl methyl sites for hydroxylation is 1. The summed E-state index contributed by atoms with van der Waals surface area (Å²) < 4.78 is 16.2. The summed E-state index contributed by atoms with van der Waals surface area (Å²) >= 11 is 1.59. The van der Waals surface area contributed by atoms with Crippen LogP contribution in [0.25, 0.3) is 20.8 Å². The SMILES string of the molecule is CCN1CCN(c2ccc(Nc3ncc(F)c(-c4sc5c(C6CCCC6)ccnc5c4C)n3)nc2)CC1. The highest BCUT2D eigenvalue weighted by molar-refractivity contribution is 7.22. The Morgan fingerprint density at radius 2 is 1.84 bits per heavy atom. The molecule has 9 heteroatoms. The quantitative estimate of drug-likeness (QED) is 0.329. The molecule has 1 N–H and O–H groups in total. The summed E-state index contributed by atoms with van der Waals surface area (Å²) in [4.78, 5) is 23.6. The van der Waals surface area contributed by atoms with Crippen LogP contribution in [0.3, 0.4) is 0 Å². The maximum atomic E-state index is 15.0. The molecule has 0 bridgehead atoms. The molecule has 1 aliphatic carbocycles. The lowest BCUT2D eigenvalue weighted by Gasteiger charge is -2.35. The molecule has 0 spiro atoms. The average molecular weight is 518 g/mol. The molecule has 4 aromatic heterocycles. The minimum Gasteiger partial charge on any atom is -0.368 e. The second kappa shape index (κ2) is 10.3. The maximum Gasteiger partial charge on any atom is 0.229 e. The number of anilines is 3. The first kappa shape index (κ1) is 24.2. The summed E-state index contributed by atoms with van der Waals surface area (Å²) in [6.07, 6.45) is 9.96. The Bertz CT molecular complexity index is 1390. The monoisotopic (exact) mass is 517 g/mol. The lowest BCUT2D eigenvalue weighted by molar-refractivity contribution is 0.271. The molecule has 0 radical (unpaired) electrons. The van der Waals surface area contributed by atoms with Crippen LogP contribution in [0.5, 0.6) is 0 Å². The molecular formula is C28H32FN7S. The van der Waals surface area contributed by atoms with E-state index >= 15 is 4.39 Å². The van der Waals surface area contributed by atoms with Crippen LogP contribution in [-0.2, 0) is 0 Å². The van der Waals surface area contributed by atoms with E-state index in [9.17, 15) is 0 Å². The molecule has 37 heavy (non-hydrogen) atoms. The van der Waals surface area contributed by atoms with Gasteiger partial charge in [0.2, 0.25) is 5.95 Å². The number of nitrogens with zero attached hydrogens (tertiary/aromatic N) is 6. The zero-order valence-electron chi connectivity index (χ0n) is 21.4. The zero-order valence-corrected chi connectivity index (χ0v) is 22.2. The third-order valence-corrected chi connectivity index (χ3v) is 9.10. The normalized spacial score (nSPS) is 17.1. The number of thiophene rings is 1. The third-order valence-electron chi connectivity index (χ3n) is 7.76. The molecule has 6 rings (SSSR count). The van der Waals surface area contributed by atoms with Gasteiger partial charge in [-0.3, -0.25) is 4.98 Å². The van der Waals surface area contributed by atoms with Gasteiger partial charge >= 0.3 is 0 Å². The van der Waals surface area contributed by atoms with Gasteiger partial charge in [-0.15, -0.1) is 11.3 Å². The van der Waals surface area contributed by atoms with Crippen molar-refractivity contribution in [1.82, 2.24) is 24.8 Å². The molecular weight excluding hydrogens is 485 g/mol. The molecule has 7 nitrogen and oxygen atoms in total. The minimum absolute atomic E-state index is 0.306. The molecule has 2 fully saturated rings. The molecule has 192 valence electrons. The van der Waals surface area contributed by atoms with E-state index in [1.165, 1.54) is 37.4 Å². The van der Waals surface area contributed by atoms with Crippen LogP contribution in [0, 0.1) is 12.7 Å². The smallest absolute Gasteiger partial charge is 0.229 e. The fourth-order valence-electron chi connectivity index (χ4n) is 5.58. The van der Waals surface area contributed by atoms with Crippen molar-refractivity contribution in [1.29, 1.82) is 0 Å². The van der Waals surface area contributed by atoms with Crippen LogP contribution in [0.15, 0.2) is 36.8 Å². The standard InChI is InChI=1S/C28H32FN7S/c1-3-35-12-14-36(15-13-35)20-8-9-23(31-16-20)33-28-32-17-22(29)25(34-28)26-18(2)24-27(37-26)21(10-11-30-24)19-6-4-5-7-19/h8-11,16-17,19H,3-7,12-15H2,1-2H3,(H,31,32,33,34). The van der Waals surface area contributed by atoms with Gasteiger partial charge in [-0.1, -0.05) is 19.8 Å². The van der Waals surface area contributed by atoms with Crippen molar-refractivity contribution < 1.29 is 4.39 Å². The van der Waals surface area contributed by atoms with E-state index in [1.54, 1.807) is 11.3 Å². The van der Waals surface area contributed by atoms with Gasteiger partial charge in [0.1, 0.15) is 11.5 Å². The molecule has 1 saturated heterocycles. The number of fused-ring (bicyclic) bond motifs is 1. The van der Waals surface area contributed by atoms with E-state index in [4.69, 9.17) is 0 Å². The largest absolute Gasteiger partial charge is 0.368 e. The summed E-state index contributed by atoms with van der Waals surface area (Å²) in [5.41, 5.74) is 4.67. The number of likely N-dealkylation sites (N-methyl/N-ethyl adjacent to an activating group) is 1. The van der Waals surface area contributed by atoms with Crippen molar-refractivity contribution in [3.63, 3.8) is 0 Å². The van der Waals surface area contributed by atoms with Crippen molar-refractivity contribution >= 4 is 39.0 Å². The van der Waals surface area contributed by atoms with Crippen LogP contribution in [-0.4, -0.2) is 57.6 Å². The van der Waals surface area contributed by atoms with Gasteiger partial charge in [-0.2, -0.15) is 0 Å². The minimum atomic E-state index is -0.433. The molecule has 1 aliphatic heterocycles. The number of hydrogen-bond donors (Lipinski definition) is 1. The first-order chi connectivity index (χ1) is 18.1. The number of rotatable bonds is 6. The highest BCUT2D eigenvalue weighted by Crippen LogP contribution is 2.44. The van der Waals surface area contributed by atoms with Crippen LogP contribution >= 0.6 is 11.3 Å². The van der Waals surface area contributed by atoms with Gasteiger partial charge in [0, 0.05) is 32.4 Å². The van der Waals surface area contributed by atoms with Crippen molar-refractivity contribution in [3.8, 4) is 10.6 Å². The first-order valence-electron chi connectivity index (χ1n) is 13.2. The van der Waals surface area contributed by atoms with E-state index < -0.39 is 5.82 Å². The Labute approximate surface area is 220 Å². The van der Waals surface area contributed by atoms with Crippen LogP contribution in [0.4, 0.5) is 21.8 Å². The van der Waals surface area contributed by atoms with Crippen LogP contribution < -0.4 is 10.2 Å². The van der Waals surface area contributed by atoms with Gasteiger partial charge in [0.05, 0.1) is 33.2 Å². The molecule has 5 heterocycles. The van der Waals surface area contributed by atoms with E-state index in [1.807, 2.05) is 25.4 Å². The number of halogens is 1. The maximum absolute atomic E-state index is 15.0. The Balaban J connectivity index is 1.25. The van der Waals surface area contributed by atoms with Crippen LogP contribution in [0.1, 0.15) is 49.7 Å². The van der Waals surface area contributed by atoms with Gasteiger partial charge in [-0.25, -0.2) is 19.3 Å². The molecule has 0 atom stereocenters. The fraction of sp³-hybridized carbons (Fsp3) is 0.429. The molecule has 0 unspecified atom stereocenters. The summed E-state index contributed by atoms with van der Waals surface area (Å²) in [5, 5.41) is 3.16. The Morgan fingerprint density at radius 3 is 2.57 bits per heavy atom. The number of hydrogen-bond acceptors (Lipinski definition) is 8. The number of aromatic nitrogens is 4. The third kappa shape index (κ3) is 4.78. The van der Waals surface area contributed by atoms with E-state index in [0.29, 0.717) is 23.4 Å². The lowest BCUT2D eigenvalue weighted by atomic mass is 9.98.